The monoisotopic (exact) mass is 210 g/mol. The molecule has 1 aliphatic rings. The van der Waals surface area contributed by atoms with E-state index in [1.807, 2.05) is 18.2 Å². The first-order chi connectivity index (χ1) is 7.85. The largest absolute Gasteiger partial charge is 0.198 e. The Morgan fingerprint density at radius 3 is 2.38 bits per heavy atom. The second kappa shape index (κ2) is 4.81. The molecule has 0 amide bonds. The normalized spacial score (nSPS) is 29.0. The zero-order chi connectivity index (χ0) is 11.4. The van der Waals surface area contributed by atoms with Crippen LogP contribution in [0, 0.1) is 34.5 Å². The predicted octanol–water partition coefficient (Wildman–Crippen LogP) is 3.23. The van der Waals surface area contributed by atoms with Crippen molar-refractivity contribution in [3.63, 3.8) is 0 Å². The highest BCUT2D eigenvalue weighted by atomic mass is 14.4. The Morgan fingerprint density at radius 1 is 1.00 bits per heavy atom. The van der Waals surface area contributed by atoms with E-state index in [1.54, 1.807) is 0 Å². The van der Waals surface area contributed by atoms with Crippen LogP contribution in [0.4, 0.5) is 0 Å². The Hall–Kier alpha value is -1.80. The van der Waals surface area contributed by atoms with Crippen molar-refractivity contribution in [1.29, 1.82) is 10.5 Å². The fourth-order valence-corrected chi connectivity index (χ4v) is 2.53. The molecule has 0 bridgehead atoms. The lowest BCUT2D eigenvalue weighted by atomic mass is 9.72. The van der Waals surface area contributed by atoms with E-state index in [9.17, 15) is 5.26 Å². The summed E-state index contributed by atoms with van der Waals surface area (Å²) in [5.41, 5.74) is 1.24. The van der Waals surface area contributed by atoms with E-state index < -0.39 is 0 Å². The van der Waals surface area contributed by atoms with Crippen LogP contribution in [0.25, 0.3) is 0 Å². The second-order valence-corrected chi connectivity index (χ2v) is 4.39. The standard InChI is InChI=1S/C14H14N2/c15-9-11-6-7-14(13(8-11)10-16)12-4-2-1-3-5-12/h1-5,11,13-14H,6-8H2. The molecule has 1 aromatic carbocycles. The molecule has 1 saturated carbocycles. The molecule has 0 heterocycles. The summed E-state index contributed by atoms with van der Waals surface area (Å²) in [4.78, 5) is 0. The molecule has 16 heavy (non-hydrogen) atoms. The van der Waals surface area contributed by atoms with Gasteiger partial charge in [0.1, 0.15) is 0 Å². The molecule has 0 aliphatic heterocycles. The molecule has 3 atom stereocenters. The van der Waals surface area contributed by atoms with Crippen LogP contribution in [-0.4, -0.2) is 0 Å². The van der Waals surface area contributed by atoms with Gasteiger partial charge in [-0.3, -0.25) is 0 Å². The first-order valence-corrected chi connectivity index (χ1v) is 5.69. The van der Waals surface area contributed by atoms with Crippen molar-refractivity contribution in [2.24, 2.45) is 11.8 Å². The summed E-state index contributed by atoms with van der Waals surface area (Å²) in [6.07, 6.45) is 2.61. The van der Waals surface area contributed by atoms with E-state index in [0.717, 1.165) is 19.3 Å². The molecule has 1 aliphatic carbocycles. The zero-order valence-electron chi connectivity index (χ0n) is 9.13. The van der Waals surface area contributed by atoms with Crippen molar-refractivity contribution in [1.82, 2.24) is 0 Å². The Balaban J connectivity index is 2.18. The molecule has 80 valence electrons. The fraction of sp³-hybridized carbons (Fsp3) is 0.429. The van der Waals surface area contributed by atoms with Crippen LogP contribution in [0.3, 0.4) is 0 Å². The smallest absolute Gasteiger partial charge is 0.0662 e. The number of rotatable bonds is 1. The van der Waals surface area contributed by atoms with Crippen molar-refractivity contribution < 1.29 is 0 Å². The average molecular weight is 210 g/mol. The molecule has 3 unspecified atom stereocenters. The summed E-state index contributed by atoms with van der Waals surface area (Å²) in [6.45, 7) is 0. The third kappa shape index (κ3) is 2.07. The van der Waals surface area contributed by atoms with Crippen molar-refractivity contribution in [2.75, 3.05) is 0 Å². The van der Waals surface area contributed by atoms with Gasteiger partial charge in [0.15, 0.2) is 0 Å². The van der Waals surface area contributed by atoms with Crippen LogP contribution >= 0.6 is 0 Å². The van der Waals surface area contributed by atoms with Crippen molar-refractivity contribution in [2.45, 2.75) is 25.2 Å². The minimum absolute atomic E-state index is 0.000741. The third-order valence-electron chi connectivity index (χ3n) is 3.43. The van der Waals surface area contributed by atoms with Gasteiger partial charge in [-0.25, -0.2) is 0 Å². The molecular weight excluding hydrogens is 196 g/mol. The fourth-order valence-electron chi connectivity index (χ4n) is 2.53. The zero-order valence-corrected chi connectivity index (χ0v) is 9.13. The van der Waals surface area contributed by atoms with Crippen molar-refractivity contribution >= 4 is 0 Å². The van der Waals surface area contributed by atoms with Gasteiger partial charge in [0, 0.05) is 5.92 Å². The van der Waals surface area contributed by atoms with E-state index in [0.29, 0.717) is 5.92 Å². The minimum atomic E-state index is 0.000741. The van der Waals surface area contributed by atoms with Gasteiger partial charge in [0.25, 0.3) is 0 Å². The summed E-state index contributed by atoms with van der Waals surface area (Å²) in [6, 6.07) is 14.8. The molecule has 2 rings (SSSR count). The Bertz CT molecular complexity index is 424. The molecule has 0 saturated heterocycles. The predicted molar refractivity (Wildman–Crippen MR) is 61.2 cm³/mol. The van der Waals surface area contributed by atoms with Crippen molar-refractivity contribution in [3.05, 3.63) is 35.9 Å². The van der Waals surface area contributed by atoms with Gasteiger partial charge in [-0.1, -0.05) is 30.3 Å². The Kier molecular flexibility index (Phi) is 3.22. The summed E-state index contributed by atoms with van der Waals surface area (Å²) < 4.78 is 0. The lowest BCUT2D eigenvalue weighted by Gasteiger charge is -2.29. The van der Waals surface area contributed by atoms with E-state index in [1.165, 1.54) is 5.56 Å². The SMILES string of the molecule is N#CC1CCC(c2ccccc2)C(C#N)C1. The maximum Gasteiger partial charge on any atom is 0.0662 e. The van der Waals surface area contributed by atoms with Crippen LogP contribution in [0.5, 0.6) is 0 Å². The first-order valence-electron chi connectivity index (χ1n) is 5.69. The molecule has 0 spiro atoms. The van der Waals surface area contributed by atoms with Gasteiger partial charge in [-0.05, 0) is 30.7 Å². The van der Waals surface area contributed by atoms with E-state index >= 15 is 0 Å². The molecule has 2 nitrogen and oxygen atoms in total. The van der Waals surface area contributed by atoms with Gasteiger partial charge in [0.2, 0.25) is 0 Å². The van der Waals surface area contributed by atoms with Crippen LogP contribution in [0.1, 0.15) is 30.7 Å². The number of nitriles is 2. The van der Waals surface area contributed by atoms with Gasteiger partial charge in [-0.2, -0.15) is 10.5 Å². The summed E-state index contributed by atoms with van der Waals surface area (Å²) in [5, 5.41) is 18.1. The van der Waals surface area contributed by atoms with Crippen LogP contribution in [0.2, 0.25) is 0 Å². The molecule has 1 fully saturated rings. The molecule has 0 radical (unpaired) electrons. The maximum atomic E-state index is 9.18. The van der Waals surface area contributed by atoms with Gasteiger partial charge < -0.3 is 0 Å². The topological polar surface area (TPSA) is 47.6 Å². The number of benzene rings is 1. The lowest BCUT2D eigenvalue weighted by molar-refractivity contribution is 0.319. The average Bonchev–Trinajstić information content (AvgIpc) is 2.39. The van der Waals surface area contributed by atoms with Crippen LogP contribution < -0.4 is 0 Å². The third-order valence-corrected chi connectivity index (χ3v) is 3.43. The summed E-state index contributed by atoms with van der Waals surface area (Å²) in [5.74, 6) is 0.390. The molecule has 2 heteroatoms. The van der Waals surface area contributed by atoms with Crippen LogP contribution in [-0.2, 0) is 0 Å². The highest BCUT2D eigenvalue weighted by Crippen LogP contribution is 2.39. The number of hydrogen-bond acceptors (Lipinski definition) is 2. The van der Waals surface area contributed by atoms with Gasteiger partial charge in [-0.15, -0.1) is 0 Å². The summed E-state index contributed by atoms with van der Waals surface area (Å²) in [7, 11) is 0. The Morgan fingerprint density at radius 2 is 1.75 bits per heavy atom. The highest BCUT2D eigenvalue weighted by Gasteiger charge is 2.31. The van der Waals surface area contributed by atoms with E-state index in [2.05, 4.69) is 24.3 Å². The molecule has 0 aromatic heterocycles. The maximum absolute atomic E-state index is 9.18. The Labute approximate surface area is 96.1 Å². The highest BCUT2D eigenvalue weighted by molar-refractivity contribution is 5.23. The molecule has 0 N–H and O–H groups in total. The van der Waals surface area contributed by atoms with Crippen LogP contribution in [0.15, 0.2) is 30.3 Å². The quantitative estimate of drug-likeness (QED) is 0.714. The van der Waals surface area contributed by atoms with Crippen molar-refractivity contribution in [3.8, 4) is 12.1 Å². The number of nitrogens with zero attached hydrogens (tertiary/aromatic N) is 2. The second-order valence-electron chi connectivity index (χ2n) is 4.39. The molecular formula is C14H14N2. The van der Waals surface area contributed by atoms with Gasteiger partial charge in [0.05, 0.1) is 18.1 Å². The molecule has 1 aromatic rings. The van der Waals surface area contributed by atoms with E-state index in [4.69, 9.17) is 5.26 Å². The summed E-state index contributed by atoms with van der Waals surface area (Å²) >= 11 is 0. The first kappa shape index (κ1) is 10.7. The number of hydrogen-bond donors (Lipinski definition) is 0. The minimum Gasteiger partial charge on any atom is -0.198 e. The van der Waals surface area contributed by atoms with Gasteiger partial charge >= 0.3 is 0 Å². The van der Waals surface area contributed by atoms with E-state index in [-0.39, 0.29) is 11.8 Å². The lowest BCUT2D eigenvalue weighted by Crippen LogP contribution is -2.21.